The number of benzene rings is 1. The van der Waals surface area contributed by atoms with Crippen LogP contribution in [0.1, 0.15) is 17.1 Å². The average molecular weight is 301 g/mol. The quantitative estimate of drug-likeness (QED) is 0.801. The summed E-state index contributed by atoms with van der Waals surface area (Å²) in [6, 6.07) is 12.0. The minimum Gasteiger partial charge on any atom is -0.295 e. The van der Waals surface area contributed by atoms with Crippen molar-refractivity contribution in [3.8, 4) is 0 Å². The summed E-state index contributed by atoms with van der Waals surface area (Å²) in [5.74, 6) is 0. The predicted molar refractivity (Wildman–Crippen MR) is 85.2 cm³/mol. The molecular formula is C16H17ClN4. The molecule has 4 nitrogen and oxygen atoms in total. The van der Waals surface area contributed by atoms with Crippen molar-refractivity contribution >= 4 is 22.5 Å². The third kappa shape index (κ3) is 3.23. The van der Waals surface area contributed by atoms with E-state index in [1.807, 2.05) is 31.2 Å². The topological polar surface area (TPSA) is 44.8 Å². The molecule has 0 fully saturated rings. The highest BCUT2D eigenvalue weighted by Crippen LogP contribution is 2.21. The Hall–Kier alpha value is -1.91. The number of nitrogens with zero attached hydrogens (tertiary/aromatic N) is 3. The maximum absolute atomic E-state index is 6.21. The summed E-state index contributed by atoms with van der Waals surface area (Å²) in [6.45, 7) is 3.54. The molecule has 1 aromatic carbocycles. The van der Waals surface area contributed by atoms with Crippen LogP contribution in [0.25, 0.3) is 10.9 Å². The zero-order valence-electron chi connectivity index (χ0n) is 12.1. The number of fused-ring (bicyclic) bond motifs is 1. The Morgan fingerprint density at radius 3 is 2.71 bits per heavy atom. The van der Waals surface area contributed by atoms with Crippen molar-refractivity contribution in [1.29, 1.82) is 0 Å². The minimum absolute atomic E-state index is 0.694. The van der Waals surface area contributed by atoms with E-state index < -0.39 is 0 Å². The van der Waals surface area contributed by atoms with Gasteiger partial charge in [-0.05, 0) is 32.2 Å². The first-order valence-electron chi connectivity index (χ1n) is 6.85. The zero-order chi connectivity index (χ0) is 14.8. The number of nitrogens with one attached hydrogen (secondary N) is 1. The summed E-state index contributed by atoms with van der Waals surface area (Å²) in [5.41, 5.74) is 3.98. The summed E-state index contributed by atoms with van der Waals surface area (Å²) in [5, 5.41) is 8.97. The summed E-state index contributed by atoms with van der Waals surface area (Å²) < 4.78 is 0. The molecule has 0 bridgehead atoms. The number of pyridine rings is 1. The normalized spacial score (nSPS) is 11.4. The fourth-order valence-electron chi connectivity index (χ4n) is 2.40. The second kappa shape index (κ2) is 5.84. The SMILES string of the molecule is Cc1cc(CN(C)Cc2ccc3cccc(Cl)c3n2)n[nH]1. The molecule has 108 valence electrons. The summed E-state index contributed by atoms with van der Waals surface area (Å²) in [7, 11) is 2.06. The first-order chi connectivity index (χ1) is 10.1. The number of aromatic nitrogens is 3. The monoisotopic (exact) mass is 300 g/mol. The lowest BCUT2D eigenvalue weighted by Crippen LogP contribution is -2.18. The van der Waals surface area contributed by atoms with E-state index in [-0.39, 0.29) is 0 Å². The van der Waals surface area contributed by atoms with E-state index in [0.29, 0.717) is 5.02 Å². The number of hydrogen-bond donors (Lipinski definition) is 1. The van der Waals surface area contributed by atoms with E-state index in [9.17, 15) is 0 Å². The Balaban J connectivity index is 1.76. The van der Waals surface area contributed by atoms with Gasteiger partial charge in [0.1, 0.15) is 0 Å². The summed E-state index contributed by atoms with van der Waals surface area (Å²) >= 11 is 6.21. The van der Waals surface area contributed by atoms with Crippen molar-refractivity contribution in [3.05, 3.63) is 58.5 Å². The van der Waals surface area contributed by atoms with Gasteiger partial charge < -0.3 is 0 Å². The van der Waals surface area contributed by atoms with Crippen LogP contribution in [0.3, 0.4) is 0 Å². The van der Waals surface area contributed by atoms with E-state index in [0.717, 1.165) is 41.1 Å². The van der Waals surface area contributed by atoms with Crippen molar-refractivity contribution in [2.24, 2.45) is 0 Å². The van der Waals surface area contributed by atoms with Crippen LogP contribution in [0.2, 0.25) is 5.02 Å². The van der Waals surface area contributed by atoms with Crippen LogP contribution in [-0.4, -0.2) is 27.1 Å². The highest BCUT2D eigenvalue weighted by Gasteiger charge is 2.07. The van der Waals surface area contributed by atoms with Gasteiger partial charge in [0.2, 0.25) is 0 Å². The van der Waals surface area contributed by atoms with Crippen LogP contribution < -0.4 is 0 Å². The third-order valence-corrected chi connectivity index (χ3v) is 3.66. The molecule has 0 aliphatic heterocycles. The van der Waals surface area contributed by atoms with Crippen LogP contribution in [0.5, 0.6) is 0 Å². The Morgan fingerprint density at radius 1 is 1.14 bits per heavy atom. The zero-order valence-corrected chi connectivity index (χ0v) is 12.9. The van der Waals surface area contributed by atoms with Crippen molar-refractivity contribution in [2.45, 2.75) is 20.0 Å². The number of rotatable bonds is 4. The lowest BCUT2D eigenvalue weighted by molar-refractivity contribution is 0.311. The van der Waals surface area contributed by atoms with Crippen molar-refractivity contribution in [2.75, 3.05) is 7.05 Å². The number of aromatic amines is 1. The molecule has 3 aromatic rings. The fraction of sp³-hybridized carbons (Fsp3) is 0.250. The fourth-order valence-corrected chi connectivity index (χ4v) is 2.63. The Labute approximate surface area is 128 Å². The molecule has 5 heteroatoms. The highest BCUT2D eigenvalue weighted by molar-refractivity contribution is 6.35. The van der Waals surface area contributed by atoms with E-state index in [1.165, 1.54) is 0 Å². The smallest absolute Gasteiger partial charge is 0.0891 e. The van der Waals surface area contributed by atoms with Crippen LogP contribution in [-0.2, 0) is 13.1 Å². The van der Waals surface area contributed by atoms with Crippen molar-refractivity contribution in [1.82, 2.24) is 20.1 Å². The first kappa shape index (κ1) is 14.0. The van der Waals surface area contributed by atoms with Gasteiger partial charge in [-0.15, -0.1) is 0 Å². The third-order valence-electron chi connectivity index (χ3n) is 3.35. The van der Waals surface area contributed by atoms with Gasteiger partial charge in [0, 0.05) is 24.2 Å². The van der Waals surface area contributed by atoms with E-state index >= 15 is 0 Å². The van der Waals surface area contributed by atoms with Gasteiger partial charge in [-0.1, -0.05) is 29.8 Å². The molecule has 21 heavy (non-hydrogen) atoms. The molecule has 0 spiro atoms. The molecule has 0 aliphatic rings. The Morgan fingerprint density at radius 2 is 1.95 bits per heavy atom. The van der Waals surface area contributed by atoms with Crippen molar-refractivity contribution in [3.63, 3.8) is 0 Å². The predicted octanol–water partition coefficient (Wildman–Crippen LogP) is 3.55. The molecule has 0 radical (unpaired) electrons. The molecule has 1 N–H and O–H groups in total. The van der Waals surface area contributed by atoms with Gasteiger partial charge >= 0.3 is 0 Å². The molecule has 0 atom stereocenters. The molecule has 2 aromatic heterocycles. The number of halogens is 1. The van der Waals surface area contributed by atoms with Gasteiger partial charge in [-0.3, -0.25) is 10.00 Å². The maximum atomic E-state index is 6.21. The summed E-state index contributed by atoms with van der Waals surface area (Å²) in [4.78, 5) is 6.84. The first-order valence-corrected chi connectivity index (χ1v) is 7.23. The Bertz CT molecular complexity index is 766. The minimum atomic E-state index is 0.694. The van der Waals surface area contributed by atoms with Gasteiger partial charge in [0.15, 0.2) is 0 Å². The standard InChI is InChI=1S/C16H17ClN4/c1-11-8-14(20-19-11)10-21(2)9-13-7-6-12-4-3-5-15(17)16(12)18-13/h3-8H,9-10H2,1-2H3,(H,19,20). The highest BCUT2D eigenvalue weighted by atomic mass is 35.5. The van der Waals surface area contributed by atoms with E-state index in [2.05, 4.69) is 39.3 Å². The second-order valence-corrected chi connectivity index (χ2v) is 5.74. The molecule has 0 amide bonds. The van der Waals surface area contributed by atoms with Gasteiger partial charge in [-0.25, -0.2) is 4.98 Å². The lowest BCUT2D eigenvalue weighted by Gasteiger charge is -2.15. The maximum Gasteiger partial charge on any atom is 0.0891 e. The molecule has 0 saturated heterocycles. The van der Waals surface area contributed by atoms with Crippen molar-refractivity contribution < 1.29 is 0 Å². The van der Waals surface area contributed by atoms with Gasteiger partial charge in [0.25, 0.3) is 0 Å². The van der Waals surface area contributed by atoms with Gasteiger partial charge in [0.05, 0.1) is 21.9 Å². The Kier molecular flexibility index (Phi) is 3.90. The largest absolute Gasteiger partial charge is 0.295 e. The van der Waals surface area contributed by atoms with Gasteiger partial charge in [-0.2, -0.15) is 5.10 Å². The molecule has 0 unspecified atom stereocenters. The number of aryl methyl sites for hydroxylation is 1. The van der Waals surface area contributed by atoms with Crippen LogP contribution in [0.15, 0.2) is 36.4 Å². The number of H-pyrrole nitrogens is 1. The molecule has 3 rings (SSSR count). The second-order valence-electron chi connectivity index (χ2n) is 5.33. The summed E-state index contributed by atoms with van der Waals surface area (Å²) in [6.07, 6.45) is 0. The number of para-hydroxylation sites is 1. The lowest BCUT2D eigenvalue weighted by atomic mass is 10.2. The average Bonchev–Trinajstić information content (AvgIpc) is 2.85. The molecule has 0 aliphatic carbocycles. The molecule has 2 heterocycles. The van der Waals surface area contributed by atoms with E-state index in [4.69, 9.17) is 11.6 Å². The van der Waals surface area contributed by atoms with Crippen LogP contribution in [0.4, 0.5) is 0 Å². The number of hydrogen-bond acceptors (Lipinski definition) is 3. The molecule has 0 saturated carbocycles. The van der Waals surface area contributed by atoms with Crippen LogP contribution in [0, 0.1) is 6.92 Å². The molecular weight excluding hydrogens is 284 g/mol. The van der Waals surface area contributed by atoms with E-state index in [1.54, 1.807) is 0 Å². The van der Waals surface area contributed by atoms with Crippen LogP contribution >= 0.6 is 11.6 Å².